The van der Waals surface area contributed by atoms with Crippen molar-refractivity contribution in [2.24, 2.45) is 0 Å². The first kappa shape index (κ1) is 12.7. The van der Waals surface area contributed by atoms with E-state index in [4.69, 9.17) is 4.42 Å². The SMILES string of the molecule is Oc1c(O)c(O)c2c(oc3c(O)c(O)c(O)c(O)c32)c1O. The molecule has 3 rings (SSSR count). The summed E-state index contributed by atoms with van der Waals surface area (Å²) in [5, 5.41) is 75.8. The van der Waals surface area contributed by atoms with Crippen LogP contribution < -0.4 is 0 Å². The van der Waals surface area contributed by atoms with Crippen LogP contribution in [-0.2, 0) is 0 Å². The van der Waals surface area contributed by atoms with Gasteiger partial charge in [0, 0.05) is 0 Å². The van der Waals surface area contributed by atoms with Crippen LogP contribution in [0.15, 0.2) is 4.42 Å². The fourth-order valence-corrected chi connectivity index (χ4v) is 2.12. The predicted molar refractivity (Wildman–Crippen MR) is 67.0 cm³/mol. The Labute approximate surface area is 114 Å². The molecule has 0 aliphatic carbocycles. The highest BCUT2D eigenvalue weighted by Crippen LogP contribution is 2.58. The Morgan fingerprint density at radius 1 is 0.381 bits per heavy atom. The molecule has 0 fully saturated rings. The quantitative estimate of drug-likeness (QED) is 0.224. The lowest BCUT2D eigenvalue weighted by molar-refractivity contribution is 0.346. The van der Waals surface area contributed by atoms with E-state index in [0.717, 1.165) is 0 Å². The first-order chi connectivity index (χ1) is 9.77. The van der Waals surface area contributed by atoms with E-state index < -0.39 is 67.9 Å². The number of furan rings is 1. The third kappa shape index (κ3) is 1.29. The van der Waals surface area contributed by atoms with Gasteiger partial charge in [0.25, 0.3) is 0 Å². The molecule has 9 heteroatoms. The average molecular weight is 296 g/mol. The second-order valence-electron chi connectivity index (χ2n) is 4.30. The van der Waals surface area contributed by atoms with Crippen molar-refractivity contribution in [3.63, 3.8) is 0 Å². The summed E-state index contributed by atoms with van der Waals surface area (Å²) in [6, 6.07) is 0. The Morgan fingerprint density at radius 2 is 0.667 bits per heavy atom. The summed E-state index contributed by atoms with van der Waals surface area (Å²) in [7, 11) is 0. The maximum atomic E-state index is 9.81. The van der Waals surface area contributed by atoms with Gasteiger partial charge in [-0.25, -0.2) is 0 Å². The van der Waals surface area contributed by atoms with Gasteiger partial charge in [-0.3, -0.25) is 0 Å². The van der Waals surface area contributed by atoms with Gasteiger partial charge in [0.2, 0.25) is 34.5 Å². The summed E-state index contributed by atoms with van der Waals surface area (Å²) in [5.74, 6) is -8.18. The molecule has 0 radical (unpaired) electrons. The van der Waals surface area contributed by atoms with Gasteiger partial charge in [-0.1, -0.05) is 0 Å². The smallest absolute Gasteiger partial charge is 0.208 e. The van der Waals surface area contributed by atoms with Crippen LogP contribution in [0.5, 0.6) is 46.0 Å². The van der Waals surface area contributed by atoms with E-state index in [1.807, 2.05) is 0 Å². The van der Waals surface area contributed by atoms with Crippen molar-refractivity contribution in [1.29, 1.82) is 0 Å². The summed E-state index contributed by atoms with van der Waals surface area (Å²) in [6.45, 7) is 0. The molecule has 3 aromatic rings. The number of hydrogen-bond donors (Lipinski definition) is 8. The maximum absolute atomic E-state index is 9.81. The van der Waals surface area contributed by atoms with Crippen molar-refractivity contribution >= 4 is 21.9 Å². The van der Waals surface area contributed by atoms with Gasteiger partial charge in [0.15, 0.2) is 22.7 Å². The predicted octanol–water partition coefficient (Wildman–Crippen LogP) is 1.23. The average Bonchev–Trinajstić information content (AvgIpc) is 2.87. The van der Waals surface area contributed by atoms with Crippen molar-refractivity contribution in [3.05, 3.63) is 0 Å². The van der Waals surface area contributed by atoms with Gasteiger partial charge in [0.1, 0.15) is 0 Å². The van der Waals surface area contributed by atoms with Crippen LogP contribution in [0, 0.1) is 0 Å². The van der Waals surface area contributed by atoms with Gasteiger partial charge in [-0.15, -0.1) is 0 Å². The molecule has 0 saturated heterocycles. The lowest BCUT2D eigenvalue weighted by Gasteiger charge is -2.06. The highest BCUT2D eigenvalue weighted by atomic mass is 16.4. The van der Waals surface area contributed by atoms with E-state index in [1.165, 1.54) is 0 Å². The molecule has 1 aromatic heterocycles. The Bertz CT molecular complexity index is 848. The standard InChI is InChI=1S/C12H8O9/c13-3-1-2-4(14)6(16)8(18)10(20)12(2)21-11(1)9(19)7(17)5(3)15/h13-20H. The summed E-state index contributed by atoms with van der Waals surface area (Å²) in [4.78, 5) is 0. The molecule has 0 spiro atoms. The number of phenolic OH excluding ortho intramolecular Hbond substituents is 8. The molecule has 0 saturated carbocycles. The topological polar surface area (TPSA) is 175 Å². The zero-order valence-corrected chi connectivity index (χ0v) is 9.99. The number of aromatic hydroxyl groups is 8. The van der Waals surface area contributed by atoms with Crippen molar-refractivity contribution in [3.8, 4) is 46.0 Å². The van der Waals surface area contributed by atoms with E-state index in [2.05, 4.69) is 0 Å². The zero-order valence-electron chi connectivity index (χ0n) is 9.99. The van der Waals surface area contributed by atoms with Gasteiger partial charge < -0.3 is 45.3 Å². The Morgan fingerprint density at radius 3 is 1.00 bits per heavy atom. The van der Waals surface area contributed by atoms with E-state index in [0.29, 0.717) is 0 Å². The molecule has 8 N–H and O–H groups in total. The highest BCUT2D eigenvalue weighted by Gasteiger charge is 2.30. The van der Waals surface area contributed by atoms with Crippen LogP contribution in [0.25, 0.3) is 21.9 Å². The van der Waals surface area contributed by atoms with Gasteiger partial charge in [-0.05, 0) is 0 Å². The Hall–Kier alpha value is -3.36. The number of fused-ring (bicyclic) bond motifs is 3. The van der Waals surface area contributed by atoms with Crippen LogP contribution in [-0.4, -0.2) is 40.9 Å². The van der Waals surface area contributed by atoms with Gasteiger partial charge in [-0.2, -0.15) is 0 Å². The van der Waals surface area contributed by atoms with Crippen LogP contribution in [0.4, 0.5) is 0 Å². The summed E-state index contributed by atoms with van der Waals surface area (Å²) in [5.41, 5.74) is -1.15. The number of benzene rings is 2. The molecule has 21 heavy (non-hydrogen) atoms. The molecule has 0 atom stereocenters. The van der Waals surface area contributed by atoms with Crippen molar-refractivity contribution in [1.82, 2.24) is 0 Å². The molecular formula is C12H8O9. The van der Waals surface area contributed by atoms with Gasteiger partial charge >= 0.3 is 0 Å². The largest absolute Gasteiger partial charge is 0.504 e. The number of phenols is 8. The molecule has 110 valence electrons. The first-order valence-corrected chi connectivity index (χ1v) is 5.45. The second-order valence-corrected chi connectivity index (χ2v) is 4.30. The highest BCUT2D eigenvalue weighted by molar-refractivity contribution is 6.17. The van der Waals surface area contributed by atoms with Crippen LogP contribution in [0.3, 0.4) is 0 Å². The van der Waals surface area contributed by atoms with Crippen molar-refractivity contribution in [2.75, 3.05) is 0 Å². The minimum Gasteiger partial charge on any atom is -0.504 e. The van der Waals surface area contributed by atoms with E-state index in [1.54, 1.807) is 0 Å². The first-order valence-electron chi connectivity index (χ1n) is 5.45. The molecule has 0 unspecified atom stereocenters. The molecule has 1 heterocycles. The molecule has 0 aliphatic rings. The minimum absolute atomic E-state index is 0.471. The third-order valence-electron chi connectivity index (χ3n) is 3.16. The normalized spacial score (nSPS) is 11.4. The van der Waals surface area contributed by atoms with E-state index in [9.17, 15) is 40.9 Å². The Kier molecular flexibility index (Phi) is 2.17. The van der Waals surface area contributed by atoms with Crippen molar-refractivity contribution in [2.45, 2.75) is 0 Å². The molecule has 9 nitrogen and oxygen atoms in total. The second kappa shape index (κ2) is 3.60. The number of rotatable bonds is 0. The number of hydrogen-bond acceptors (Lipinski definition) is 9. The van der Waals surface area contributed by atoms with Crippen molar-refractivity contribution < 1.29 is 45.3 Å². The van der Waals surface area contributed by atoms with Crippen LogP contribution in [0.2, 0.25) is 0 Å². The monoisotopic (exact) mass is 296 g/mol. The van der Waals surface area contributed by atoms with Crippen LogP contribution in [0.1, 0.15) is 0 Å². The third-order valence-corrected chi connectivity index (χ3v) is 3.16. The molecule has 0 aliphatic heterocycles. The zero-order chi connectivity index (χ0) is 15.6. The molecule has 0 bridgehead atoms. The van der Waals surface area contributed by atoms with Crippen LogP contribution >= 0.6 is 0 Å². The Balaban J connectivity index is 2.73. The summed E-state index contributed by atoms with van der Waals surface area (Å²) < 4.78 is 4.99. The maximum Gasteiger partial charge on any atom is 0.208 e. The molecular weight excluding hydrogens is 288 g/mol. The molecule has 0 amide bonds. The fourth-order valence-electron chi connectivity index (χ4n) is 2.12. The summed E-state index contributed by atoms with van der Waals surface area (Å²) >= 11 is 0. The van der Waals surface area contributed by atoms with E-state index in [-0.39, 0.29) is 0 Å². The van der Waals surface area contributed by atoms with Gasteiger partial charge in [0.05, 0.1) is 10.8 Å². The van der Waals surface area contributed by atoms with E-state index >= 15 is 0 Å². The summed E-state index contributed by atoms with van der Waals surface area (Å²) in [6.07, 6.45) is 0. The lowest BCUT2D eigenvalue weighted by atomic mass is 10.1. The molecule has 2 aromatic carbocycles. The minimum atomic E-state index is -1.09. The lowest BCUT2D eigenvalue weighted by Crippen LogP contribution is -1.78. The fraction of sp³-hybridized carbons (Fsp3) is 0.